The summed E-state index contributed by atoms with van der Waals surface area (Å²) in [5.41, 5.74) is 1.12. The third-order valence-electron chi connectivity index (χ3n) is 5.55. The monoisotopic (exact) mass is 481 g/mol. The standard InChI is InChI=1S/C30H28NO3P/c1-3-34-30(32)29(23-24-19-21-25(33-2)22-20-24)31-35(26-13-7-4-8-14-26,27-15-9-5-10-16-27)28-17-11-6-12-18-28/h4-23H,3H2,1-2H3/b29-23-. The number of esters is 1. The summed E-state index contributed by atoms with van der Waals surface area (Å²) in [6.45, 7) is 2.07. The van der Waals surface area contributed by atoms with Crippen molar-refractivity contribution in [2.75, 3.05) is 13.7 Å². The molecule has 0 N–H and O–H groups in total. The van der Waals surface area contributed by atoms with Crippen molar-refractivity contribution >= 4 is 35.0 Å². The van der Waals surface area contributed by atoms with E-state index >= 15 is 0 Å². The summed E-state index contributed by atoms with van der Waals surface area (Å²) in [6, 6.07) is 38.2. The largest absolute Gasteiger partial charge is 0.497 e. The van der Waals surface area contributed by atoms with Crippen molar-refractivity contribution in [3.63, 3.8) is 0 Å². The van der Waals surface area contributed by atoms with Crippen LogP contribution >= 0.6 is 7.05 Å². The lowest BCUT2D eigenvalue weighted by Gasteiger charge is -2.27. The lowest BCUT2D eigenvalue weighted by atomic mass is 10.2. The number of rotatable bonds is 8. The van der Waals surface area contributed by atoms with Crippen molar-refractivity contribution in [1.29, 1.82) is 0 Å². The molecule has 176 valence electrons. The summed E-state index contributed by atoms with van der Waals surface area (Å²) in [4.78, 5) is 13.3. The Balaban J connectivity index is 2.07. The van der Waals surface area contributed by atoms with Crippen molar-refractivity contribution in [3.05, 3.63) is 127 Å². The van der Waals surface area contributed by atoms with Crippen LogP contribution in [0.3, 0.4) is 0 Å². The molecular formula is C30H28NO3P. The summed E-state index contributed by atoms with van der Waals surface area (Å²) >= 11 is 0. The summed E-state index contributed by atoms with van der Waals surface area (Å²) in [7, 11) is -0.980. The van der Waals surface area contributed by atoms with Crippen LogP contribution in [0, 0.1) is 0 Å². The van der Waals surface area contributed by atoms with Crippen molar-refractivity contribution in [1.82, 2.24) is 0 Å². The van der Waals surface area contributed by atoms with E-state index < -0.39 is 13.0 Å². The molecule has 0 fully saturated rings. The summed E-state index contributed by atoms with van der Waals surface area (Å²) in [5, 5.41) is 3.17. The number of hydrogen-bond acceptors (Lipinski definition) is 4. The van der Waals surface area contributed by atoms with Crippen molar-refractivity contribution < 1.29 is 14.3 Å². The number of carbonyl (C=O) groups excluding carboxylic acids is 1. The van der Waals surface area contributed by atoms with Crippen molar-refractivity contribution in [2.45, 2.75) is 6.92 Å². The minimum absolute atomic E-state index is 0.266. The molecule has 0 heterocycles. The number of hydrogen-bond donors (Lipinski definition) is 0. The SMILES string of the molecule is CCOC(=O)/C(=C/c1ccc(OC)cc1)N=P(c1ccccc1)(c1ccccc1)c1ccccc1. The molecule has 35 heavy (non-hydrogen) atoms. The quantitative estimate of drug-likeness (QED) is 0.182. The van der Waals surface area contributed by atoms with E-state index in [0.29, 0.717) is 0 Å². The smallest absolute Gasteiger partial charge is 0.356 e. The molecule has 0 aliphatic rings. The molecule has 0 spiro atoms. The van der Waals surface area contributed by atoms with Crippen LogP contribution < -0.4 is 20.7 Å². The molecule has 4 nitrogen and oxygen atoms in total. The second-order valence-corrected chi connectivity index (χ2v) is 10.8. The van der Waals surface area contributed by atoms with Gasteiger partial charge in [-0.25, -0.2) is 9.54 Å². The average Bonchev–Trinajstić information content (AvgIpc) is 2.93. The molecule has 0 bridgehead atoms. The van der Waals surface area contributed by atoms with E-state index in [1.807, 2.05) is 78.9 Å². The van der Waals surface area contributed by atoms with Gasteiger partial charge in [-0.2, -0.15) is 0 Å². The van der Waals surface area contributed by atoms with Gasteiger partial charge in [0.15, 0.2) is 0 Å². The number of nitrogens with zero attached hydrogens (tertiary/aromatic N) is 1. The second-order valence-electron chi connectivity index (χ2n) is 7.77. The average molecular weight is 482 g/mol. The Morgan fingerprint density at radius 1 is 0.743 bits per heavy atom. The molecule has 0 amide bonds. The summed E-state index contributed by atoms with van der Waals surface area (Å²) in [5.74, 6) is 0.298. The molecule has 4 rings (SSSR count). The molecule has 4 aromatic carbocycles. The van der Waals surface area contributed by atoms with Crippen LogP contribution in [0.25, 0.3) is 6.08 Å². The van der Waals surface area contributed by atoms with E-state index in [2.05, 4.69) is 36.4 Å². The van der Waals surface area contributed by atoms with E-state index in [1.165, 1.54) is 0 Å². The van der Waals surface area contributed by atoms with Gasteiger partial charge in [0.05, 0.1) is 20.8 Å². The minimum Gasteiger partial charge on any atom is -0.497 e. The first-order chi connectivity index (χ1) is 17.2. The third-order valence-corrected chi connectivity index (χ3v) is 9.20. The molecule has 0 atom stereocenters. The van der Waals surface area contributed by atoms with Crippen molar-refractivity contribution in [3.8, 4) is 5.75 Å². The molecule has 0 aliphatic heterocycles. The second kappa shape index (κ2) is 11.5. The highest BCUT2D eigenvalue weighted by atomic mass is 31.2. The predicted molar refractivity (Wildman–Crippen MR) is 145 cm³/mol. The van der Waals surface area contributed by atoms with E-state index in [9.17, 15) is 4.79 Å². The zero-order chi connectivity index (χ0) is 24.5. The molecule has 0 saturated carbocycles. The molecule has 0 saturated heterocycles. The normalized spacial score (nSPS) is 11.5. The Labute approximate surface area is 206 Å². The van der Waals surface area contributed by atoms with Crippen LogP contribution in [0.15, 0.2) is 126 Å². The zero-order valence-electron chi connectivity index (χ0n) is 19.9. The number of ether oxygens (including phenoxy) is 2. The van der Waals surface area contributed by atoms with Crippen LogP contribution in [-0.2, 0) is 9.53 Å². The molecule has 0 aromatic heterocycles. The van der Waals surface area contributed by atoms with Gasteiger partial charge >= 0.3 is 5.97 Å². The molecular weight excluding hydrogens is 453 g/mol. The van der Waals surface area contributed by atoms with Gasteiger partial charge < -0.3 is 9.47 Å². The predicted octanol–water partition coefficient (Wildman–Crippen LogP) is 5.78. The van der Waals surface area contributed by atoms with Gasteiger partial charge in [-0.1, -0.05) is 103 Å². The van der Waals surface area contributed by atoms with Gasteiger partial charge in [0.1, 0.15) is 11.4 Å². The van der Waals surface area contributed by atoms with Crippen LogP contribution in [0.2, 0.25) is 0 Å². The fourth-order valence-electron chi connectivity index (χ4n) is 3.90. The number of benzene rings is 4. The Morgan fingerprint density at radius 3 is 1.60 bits per heavy atom. The van der Waals surface area contributed by atoms with Crippen LogP contribution in [0.4, 0.5) is 0 Å². The highest BCUT2D eigenvalue weighted by molar-refractivity contribution is 7.87. The first-order valence-electron chi connectivity index (χ1n) is 11.5. The molecule has 0 aliphatic carbocycles. The van der Waals surface area contributed by atoms with Gasteiger partial charge in [-0.05, 0) is 30.7 Å². The lowest BCUT2D eigenvalue weighted by molar-refractivity contribution is -0.138. The third kappa shape index (κ3) is 5.45. The Hall–Kier alpha value is -3.88. The Kier molecular flexibility index (Phi) is 7.97. The number of methoxy groups -OCH3 is 1. The Bertz CT molecular complexity index is 1230. The van der Waals surface area contributed by atoms with Gasteiger partial charge in [0, 0.05) is 15.9 Å². The summed E-state index contributed by atoms with van der Waals surface area (Å²) in [6.07, 6.45) is 1.79. The van der Waals surface area contributed by atoms with Gasteiger partial charge in [-0.3, -0.25) is 0 Å². The molecule has 0 unspecified atom stereocenters. The zero-order valence-corrected chi connectivity index (χ0v) is 20.8. The van der Waals surface area contributed by atoms with Gasteiger partial charge in [0.2, 0.25) is 0 Å². The number of carbonyl (C=O) groups is 1. The highest BCUT2D eigenvalue weighted by Gasteiger charge is 2.29. The first-order valence-corrected chi connectivity index (χ1v) is 13.2. The highest BCUT2D eigenvalue weighted by Crippen LogP contribution is 2.48. The molecule has 0 radical (unpaired) electrons. The van der Waals surface area contributed by atoms with Crippen molar-refractivity contribution in [2.24, 2.45) is 4.74 Å². The first kappa shape index (κ1) is 24.3. The minimum atomic E-state index is -2.61. The fraction of sp³-hybridized carbons (Fsp3) is 0.100. The Morgan fingerprint density at radius 2 is 1.20 bits per heavy atom. The van der Waals surface area contributed by atoms with Crippen LogP contribution in [0.5, 0.6) is 5.75 Å². The maximum Gasteiger partial charge on any atom is 0.356 e. The topological polar surface area (TPSA) is 47.9 Å². The molecule has 5 heteroatoms. The lowest BCUT2D eigenvalue weighted by Crippen LogP contribution is -2.26. The maximum atomic E-state index is 13.3. The summed E-state index contributed by atoms with van der Waals surface area (Å²) < 4.78 is 16.1. The molecule has 4 aromatic rings. The van der Waals surface area contributed by atoms with E-state index in [1.54, 1.807) is 20.1 Å². The van der Waals surface area contributed by atoms with Gasteiger partial charge in [-0.15, -0.1) is 0 Å². The fourth-order valence-corrected chi connectivity index (χ4v) is 7.42. The van der Waals surface area contributed by atoms with E-state index in [0.717, 1.165) is 27.2 Å². The van der Waals surface area contributed by atoms with E-state index in [-0.39, 0.29) is 12.3 Å². The van der Waals surface area contributed by atoms with Crippen LogP contribution in [-0.4, -0.2) is 19.7 Å². The van der Waals surface area contributed by atoms with Crippen LogP contribution in [0.1, 0.15) is 12.5 Å². The van der Waals surface area contributed by atoms with E-state index in [4.69, 9.17) is 14.2 Å². The van der Waals surface area contributed by atoms with Gasteiger partial charge in [0.25, 0.3) is 0 Å². The maximum absolute atomic E-state index is 13.3.